The van der Waals surface area contributed by atoms with Crippen LogP contribution in [0.5, 0.6) is 5.75 Å². The van der Waals surface area contributed by atoms with Crippen LogP contribution in [0.15, 0.2) is 30.5 Å². The fourth-order valence-electron chi connectivity index (χ4n) is 3.23. The highest BCUT2D eigenvalue weighted by molar-refractivity contribution is 5.99. The molecule has 1 amide bonds. The van der Waals surface area contributed by atoms with Gasteiger partial charge in [0.15, 0.2) is 0 Å². The highest BCUT2D eigenvalue weighted by atomic mass is 16.5. The first kappa shape index (κ1) is 16.5. The number of methoxy groups -OCH3 is 1. The van der Waals surface area contributed by atoms with Crippen LogP contribution in [0, 0.1) is 5.92 Å². The van der Waals surface area contributed by atoms with Gasteiger partial charge in [0.25, 0.3) is 5.91 Å². The molecule has 6 nitrogen and oxygen atoms in total. The number of carbonyl (C=O) groups excluding carboxylic acids is 1. The zero-order valence-electron chi connectivity index (χ0n) is 14.2. The maximum absolute atomic E-state index is 12.6. The van der Waals surface area contributed by atoms with E-state index >= 15 is 0 Å². The van der Waals surface area contributed by atoms with E-state index in [1.165, 1.54) is 12.8 Å². The van der Waals surface area contributed by atoms with E-state index in [-0.39, 0.29) is 5.91 Å². The number of hydrogen-bond donors (Lipinski definition) is 2. The number of hydrogen-bond acceptors (Lipinski definition) is 4. The van der Waals surface area contributed by atoms with Crippen LogP contribution in [0.1, 0.15) is 23.2 Å². The second-order valence-corrected chi connectivity index (χ2v) is 6.37. The summed E-state index contributed by atoms with van der Waals surface area (Å²) in [4.78, 5) is 14.9. The molecule has 1 aliphatic rings. The molecule has 1 atom stereocenters. The van der Waals surface area contributed by atoms with Gasteiger partial charge in [0, 0.05) is 18.7 Å². The standard InChI is InChI=1S/C18H24N4O2/c1-22-8-4-5-13(12-22)10-19-18(23)16-11-20-21-17(16)14-6-3-7-15(9-14)24-2/h3,6-7,9,11,13H,4-5,8,10,12H2,1-2H3,(H,19,23)(H,20,21). The first-order valence-electron chi connectivity index (χ1n) is 8.32. The average Bonchev–Trinajstić information content (AvgIpc) is 3.09. The van der Waals surface area contributed by atoms with Crippen molar-refractivity contribution < 1.29 is 9.53 Å². The number of aromatic amines is 1. The molecule has 2 N–H and O–H groups in total. The van der Waals surface area contributed by atoms with E-state index in [1.807, 2.05) is 24.3 Å². The summed E-state index contributed by atoms with van der Waals surface area (Å²) in [6.45, 7) is 2.88. The number of ether oxygens (including phenoxy) is 1. The van der Waals surface area contributed by atoms with Crippen molar-refractivity contribution >= 4 is 5.91 Å². The summed E-state index contributed by atoms with van der Waals surface area (Å²) in [5.41, 5.74) is 2.16. The molecule has 1 saturated heterocycles. The number of benzene rings is 1. The fourth-order valence-corrected chi connectivity index (χ4v) is 3.23. The summed E-state index contributed by atoms with van der Waals surface area (Å²) in [7, 11) is 3.76. The van der Waals surface area contributed by atoms with Gasteiger partial charge in [-0.25, -0.2) is 0 Å². The second kappa shape index (κ2) is 7.49. The number of H-pyrrole nitrogens is 1. The summed E-state index contributed by atoms with van der Waals surface area (Å²) in [5, 5.41) is 10.0. The number of nitrogens with one attached hydrogen (secondary N) is 2. The molecule has 6 heteroatoms. The Bertz CT molecular complexity index is 698. The van der Waals surface area contributed by atoms with Gasteiger partial charge in [-0.05, 0) is 44.5 Å². The lowest BCUT2D eigenvalue weighted by molar-refractivity contribution is 0.0937. The van der Waals surface area contributed by atoms with Crippen molar-refractivity contribution in [3.63, 3.8) is 0 Å². The van der Waals surface area contributed by atoms with E-state index < -0.39 is 0 Å². The van der Waals surface area contributed by atoms with E-state index in [0.29, 0.717) is 23.7 Å². The van der Waals surface area contributed by atoms with Crippen LogP contribution in [-0.2, 0) is 0 Å². The Hall–Kier alpha value is -2.34. The normalized spacial score (nSPS) is 18.3. The Balaban J connectivity index is 1.68. The average molecular weight is 328 g/mol. The lowest BCUT2D eigenvalue weighted by Gasteiger charge is -2.29. The van der Waals surface area contributed by atoms with Gasteiger partial charge in [0.1, 0.15) is 5.75 Å². The smallest absolute Gasteiger partial charge is 0.255 e. The number of aromatic nitrogens is 2. The molecular weight excluding hydrogens is 304 g/mol. The summed E-state index contributed by atoms with van der Waals surface area (Å²) < 4.78 is 5.25. The molecule has 1 aromatic heterocycles. The van der Waals surface area contributed by atoms with Crippen LogP contribution in [0.25, 0.3) is 11.3 Å². The van der Waals surface area contributed by atoms with E-state index in [2.05, 4.69) is 27.5 Å². The van der Waals surface area contributed by atoms with Crippen molar-refractivity contribution in [2.75, 3.05) is 33.8 Å². The largest absolute Gasteiger partial charge is 0.497 e. The summed E-state index contributed by atoms with van der Waals surface area (Å²) in [5.74, 6) is 1.17. The Morgan fingerprint density at radius 3 is 3.17 bits per heavy atom. The zero-order chi connectivity index (χ0) is 16.9. The molecule has 0 saturated carbocycles. The predicted octanol–water partition coefficient (Wildman–Crippen LogP) is 2.16. The molecule has 0 aliphatic carbocycles. The molecule has 3 rings (SSSR count). The third kappa shape index (κ3) is 3.76. The highest BCUT2D eigenvalue weighted by Crippen LogP contribution is 2.25. The first-order valence-corrected chi connectivity index (χ1v) is 8.32. The maximum atomic E-state index is 12.6. The summed E-state index contributed by atoms with van der Waals surface area (Å²) in [6, 6.07) is 7.59. The number of likely N-dealkylation sites (tertiary alicyclic amines) is 1. The lowest BCUT2D eigenvalue weighted by atomic mass is 9.98. The van der Waals surface area contributed by atoms with Crippen molar-refractivity contribution in [3.8, 4) is 17.0 Å². The molecule has 1 unspecified atom stereocenters. The van der Waals surface area contributed by atoms with Gasteiger partial charge in [-0.2, -0.15) is 5.10 Å². The third-order valence-electron chi connectivity index (χ3n) is 4.52. The van der Waals surface area contributed by atoms with E-state index in [0.717, 1.165) is 24.4 Å². The van der Waals surface area contributed by atoms with Crippen molar-refractivity contribution in [3.05, 3.63) is 36.0 Å². The van der Waals surface area contributed by atoms with Crippen LogP contribution >= 0.6 is 0 Å². The van der Waals surface area contributed by atoms with Gasteiger partial charge in [-0.1, -0.05) is 12.1 Å². The lowest BCUT2D eigenvalue weighted by Crippen LogP contribution is -2.39. The topological polar surface area (TPSA) is 70.2 Å². The minimum Gasteiger partial charge on any atom is -0.497 e. The molecular formula is C18H24N4O2. The molecule has 0 radical (unpaired) electrons. The quantitative estimate of drug-likeness (QED) is 0.882. The Morgan fingerprint density at radius 1 is 1.50 bits per heavy atom. The van der Waals surface area contributed by atoms with Gasteiger partial charge < -0.3 is 15.0 Å². The van der Waals surface area contributed by atoms with E-state index in [9.17, 15) is 4.79 Å². The van der Waals surface area contributed by atoms with Gasteiger partial charge >= 0.3 is 0 Å². The summed E-state index contributed by atoms with van der Waals surface area (Å²) in [6.07, 6.45) is 3.94. The Kier molecular flexibility index (Phi) is 5.15. The zero-order valence-corrected chi connectivity index (χ0v) is 14.2. The van der Waals surface area contributed by atoms with Crippen molar-refractivity contribution in [1.29, 1.82) is 0 Å². The van der Waals surface area contributed by atoms with Crippen LogP contribution in [0.4, 0.5) is 0 Å². The molecule has 2 aromatic rings. The Morgan fingerprint density at radius 2 is 2.38 bits per heavy atom. The number of rotatable bonds is 5. The number of nitrogens with zero attached hydrogens (tertiary/aromatic N) is 2. The van der Waals surface area contributed by atoms with E-state index in [1.54, 1.807) is 13.3 Å². The minimum absolute atomic E-state index is 0.0882. The number of piperidine rings is 1. The fraction of sp³-hybridized carbons (Fsp3) is 0.444. The monoisotopic (exact) mass is 328 g/mol. The van der Waals surface area contributed by atoms with Gasteiger partial charge in [-0.3, -0.25) is 9.89 Å². The van der Waals surface area contributed by atoms with E-state index in [4.69, 9.17) is 4.74 Å². The van der Waals surface area contributed by atoms with Crippen LogP contribution in [0.3, 0.4) is 0 Å². The molecule has 0 spiro atoms. The second-order valence-electron chi connectivity index (χ2n) is 6.37. The third-order valence-corrected chi connectivity index (χ3v) is 4.52. The van der Waals surface area contributed by atoms with Crippen LogP contribution in [0.2, 0.25) is 0 Å². The Labute approximate surface area is 142 Å². The SMILES string of the molecule is COc1cccc(-c2[nH]ncc2C(=O)NCC2CCCN(C)C2)c1. The highest BCUT2D eigenvalue weighted by Gasteiger charge is 2.20. The maximum Gasteiger partial charge on any atom is 0.255 e. The first-order chi connectivity index (χ1) is 11.7. The number of carbonyl (C=O) groups is 1. The van der Waals surface area contributed by atoms with Gasteiger partial charge in [0.05, 0.1) is 24.6 Å². The summed E-state index contributed by atoms with van der Waals surface area (Å²) >= 11 is 0. The molecule has 128 valence electrons. The van der Waals surface area contributed by atoms with Gasteiger partial charge in [-0.15, -0.1) is 0 Å². The molecule has 24 heavy (non-hydrogen) atoms. The van der Waals surface area contributed by atoms with Crippen molar-refractivity contribution in [2.45, 2.75) is 12.8 Å². The molecule has 0 bridgehead atoms. The molecule has 2 heterocycles. The van der Waals surface area contributed by atoms with Crippen LogP contribution < -0.4 is 10.1 Å². The van der Waals surface area contributed by atoms with Crippen LogP contribution in [-0.4, -0.2) is 54.8 Å². The van der Waals surface area contributed by atoms with Crippen molar-refractivity contribution in [1.82, 2.24) is 20.4 Å². The minimum atomic E-state index is -0.0882. The molecule has 1 aliphatic heterocycles. The molecule has 1 aromatic carbocycles. The predicted molar refractivity (Wildman–Crippen MR) is 93.1 cm³/mol. The van der Waals surface area contributed by atoms with Gasteiger partial charge in [0.2, 0.25) is 0 Å². The molecule has 1 fully saturated rings. The van der Waals surface area contributed by atoms with Crippen molar-refractivity contribution in [2.24, 2.45) is 5.92 Å². The number of amides is 1.